The highest BCUT2D eigenvalue weighted by Gasteiger charge is 2.35. The fourth-order valence-corrected chi connectivity index (χ4v) is 4.70. The van der Waals surface area contributed by atoms with E-state index >= 15 is 0 Å². The lowest BCUT2D eigenvalue weighted by Crippen LogP contribution is -2.44. The van der Waals surface area contributed by atoms with E-state index in [1.165, 1.54) is 5.56 Å². The molecule has 1 aliphatic rings. The molecule has 134 valence electrons. The maximum atomic E-state index is 12.5. The van der Waals surface area contributed by atoms with Crippen LogP contribution in [0.3, 0.4) is 0 Å². The Morgan fingerprint density at radius 3 is 2.64 bits per heavy atom. The third-order valence-corrected chi connectivity index (χ3v) is 6.61. The average molecular weight is 359 g/mol. The van der Waals surface area contributed by atoms with E-state index in [2.05, 4.69) is 30.0 Å². The quantitative estimate of drug-likeness (QED) is 0.860. The summed E-state index contributed by atoms with van der Waals surface area (Å²) in [5.41, 5.74) is 2.68. The summed E-state index contributed by atoms with van der Waals surface area (Å²) in [4.78, 5) is 0. The molecule has 0 amide bonds. The zero-order valence-corrected chi connectivity index (χ0v) is 15.6. The SMILES string of the molecule is CC1CNCCC1(C)c1cccc(NS(=O)(=O)Cc2ccccc2)c1. The van der Waals surface area contributed by atoms with Gasteiger partial charge in [0.2, 0.25) is 10.0 Å². The summed E-state index contributed by atoms with van der Waals surface area (Å²) in [6.07, 6.45) is 1.05. The van der Waals surface area contributed by atoms with Crippen molar-refractivity contribution in [3.05, 3.63) is 65.7 Å². The highest BCUT2D eigenvalue weighted by molar-refractivity contribution is 7.91. The Morgan fingerprint density at radius 1 is 1.16 bits per heavy atom. The Bertz CT molecular complexity index is 821. The molecule has 0 aromatic heterocycles. The molecule has 2 aromatic carbocycles. The van der Waals surface area contributed by atoms with E-state index < -0.39 is 10.0 Å². The number of hydrogen-bond donors (Lipinski definition) is 2. The number of benzene rings is 2. The number of nitrogens with one attached hydrogen (secondary N) is 2. The van der Waals surface area contributed by atoms with Gasteiger partial charge < -0.3 is 5.32 Å². The first-order valence-corrected chi connectivity index (χ1v) is 10.4. The van der Waals surface area contributed by atoms with Crippen molar-refractivity contribution in [3.63, 3.8) is 0 Å². The molecule has 25 heavy (non-hydrogen) atoms. The van der Waals surface area contributed by atoms with Gasteiger partial charge in [-0.15, -0.1) is 0 Å². The summed E-state index contributed by atoms with van der Waals surface area (Å²) in [5.74, 6) is 0.479. The molecule has 0 radical (unpaired) electrons. The molecule has 5 heteroatoms. The molecule has 0 spiro atoms. The second kappa shape index (κ2) is 7.18. The van der Waals surface area contributed by atoms with Gasteiger partial charge in [-0.3, -0.25) is 4.72 Å². The highest BCUT2D eigenvalue weighted by Crippen LogP contribution is 2.38. The van der Waals surface area contributed by atoms with Crippen LogP contribution in [0.1, 0.15) is 31.4 Å². The number of rotatable bonds is 5. The van der Waals surface area contributed by atoms with Gasteiger partial charge in [0, 0.05) is 5.69 Å². The zero-order chi connectivity index (χ0) is 17.9. The van der Waals surface area contributed by atoms with Crippen molar-refractivity contribution < 1.29 is 8.42 Å². The van der Waals surface area contributed by atoms with Crippen LogP contribution < -0.4 is 10.0 Å². The minimum absolute atomic E-state index is 0.0182. The largest absolute Gasteiger partial charge is 0.316 e. The van der Waals surface area contributed by atoms with E-state index in [-0.39, 0.29) is 11.2 Å². The summed E-state index contributed by atoms with van der Waals surface area (Å²) >= 11 is 0. The van der Waals surface area contributed by atoms with Crippen LogP contribution in [0.15, 0.2) is 54.6 Å². The molecule has 0 aliphatic carbocycles. The molecule has 2 aromatic rings. The molecule has 1 saturated heterocycles. The first-order chi connectivity index (χ1) is 11.9. The van der Waals surface area contributed by atoms with Crippen LogP contribution in [0.2, 0.25) is 0 Å². The molecular weight excluding hydrogens is 332 g/mol. The Kier molecular flexibility index (Phi) is 5.16. The molecule has 1 aliphatic heterocycles. The highest BCUT2D eigenvalue weighted by atomic mass is 32.2. The number of anilines is 1. The summed E-state index contributed by atoms with van der Waals surface area (Å²) in [6, 6.07) is 17.1. The Balaban J connectivity index is 1.80. The van der Waals surface area contributed by atoms with Crippen molar-refractivity contribution >= 4 is 15.7 Å². The van der Waals surface area contributed by atoms with Crippen LogP contribution in [0.25, 0.3) is 0 Å². The second-order valence-electron chi connectivity index (χ2n) is 7.20. The van der Waals surface area contributed by atoms with Crippen molar-refractivity contribution in [2.45, 2.75) is 31.4 Å². The van der Waals surface area contributed by atoms with Crippen molar-refractivity contribution in [2.75, 3.05) is 17.8 Å². The summed E-state index contributed by atoms with van der Waals surface area (Å²) in [5, 5.41) is 3.43. The third kappa shape index (κ3) is 4.22. The molecule has 0 saturated carbocycles. The second-order valence-corrected chi connectivity index (χ2v) is 8.92. The molecule has 2 atom stereocenters. The van der Waals surface area contributed by atoms with Crippen molar-refractivity contribution in [1.29, 1.82) is 0 Å². The Morgan fingerprint density at radius 2 is 1.92 bits per heavy atom. The number of piperidine rings is 1. The monoisotopic (exact) mass is 358 g/mol. The number of sulfonamides is 1. The lowest BCUT2D eigenvalue weighted by Gasteiger charge is -2.40. The van der Waals surface area contributed by atoms with E-state index in [0.29, 0.717) is 11.6 Å². The molecule has 1 fully saturated rings. The molecule has 2 N–H and O–H groups in total. The van der Waals surface area contributed by atoms with Crippen molar-refractivity contribution in [1.82, 2.24) is 5.32 Å². The minimum atomic E-state index is -3.43. The van der Waals surface area contributed by atoms with Gasteiger partial charge in [0.05, 0.1) is 5.75 Å². The van der Waals surface area contributed by atoms with Crippen LogP contribution >= 0.6 is 0 Å². The van der Waals surface area contributed by atoms with E-state index in [1.54, 1.807) is 0 Å². The van der Waals surface area contributed by atoms with Gasteiger partial charge in [0.1, 0.15) is 0 Å². The van der Waals surface area contributed by atoms with Gasteiger partial charge in [-0.25, -0.2) is 8.42 Å². The molecule has 4 nitrogen and oxygen atoms in total. The van der Waals surface area contributed by atoms with Crippen molar-refractivity contribution in [3.8, 4) is 0 Å². The topological polar surface area (TPSA) is 58.2 Å². The summed E-state index contributed by atoms with van der Waals surface area (Å²) in [6.45, 7) is 6.50. The van der Waals surface area contributed by atoms with Gasteiger partial charge in [-0.2, -0.15) is 0 Å². The van der Waals surface area contributed by atoms with E-state index in [0.717, 1.165) is 25.1 Å². The van der Waals surface area contributed by atoms with Gasteiger partial charge >= 0.3 is 0 Å². The van der Waals surface area contributed by atoms with Crippen LogP contribution in [0.5, 0.6) is 0 Å². The van der Waals surface area contributed by atoms with Gasteiger partial charge in [0.15, 0.2) is 0 Å². The lowest BCUT2D eigenvalue weighted by atomic mass is 9.68. The maximum absolute atomic E-state index is 12.5. The molecule has 1 heterocycles. The fraction of sp³-hybridized carbons (Fsp3) is 0.400. The van der Waals surface area contributed by atoms with Crippen LogP contribution in [-0.2, 0) is 21.2 Å². The Labute approximate surface area is 150 Å². The van der Waals surface area contributed by atoms with Gasteiger partial charge in [-0.05, 0) is 54.1 Å². The fourth-order valence-electron chi connectivity index (χ4n) is 3.51. The molecular formula is C20H26N2O2S. The normalized spacial score (nSPS) is 24.0. The molecule has 2 unspecified atom stereocenters. The van der Waals surface area contributed by atoms with Crippen LogP contribution in [0, 0.1) is 5.92 Å². The van der Waals surface area contributed by atoms with Crippen molar-refractivity contribution in [2.24, 2.45) is 5.92 Å². The van der Waals surface area contributed by atoms with E-state index in [9.17, 15) is 8.42 Å². The number of hydrogen-bond acceptors (Lipinski definition) is 3. The third-order valence-electron chi connectivity index (χ3n) is 5.35. The first-order valence-electron chi connectivity index (χ1n) is 8.75. The minimum Gasteiger partial charge on any atom is -0.316 e. The maximum Gasteiger partial charge on any atom is 0.236 e. The molecule has 0 bridgehead atoms. The summed E-state index contributed by atoms with van der Waals surface area (Å²) in [7, 11) is -3.43. The van der Waals surface area contributed by atoms with Crippen LogP contribution in [0.4, 0.5) is 5.69 Å². The predicted molar refractivity (Wildman–Crippen MR) is 103 cm³/mol. The summed E-state index contributed by atoms with van der Waals surface area (Å²) < 4.78 is 27.7. The zero-order valence-electron chi connectivity index (χ0n) is 14.8. The van der Waals surface area contributed by atoms with Gasteiger partial charge in [-0.1, -0.05) is 56.3 Å². The lowest BCUT2D eigenvalue weighted by molar-refractivity contribution is 0.238. The van der Waals surface area contributed by atoms with E-state index in [1.807, 2.05) is 48.5 Å². The smallest absolute Gasteiger partial charge is 0.236 e. The molecule has 3 rings (SSSR count). The average Bonchev–Trinajstić information content (AvgIpc) is 2.58. The van der Waals surface area contributed by atoms with Crippen LogP contribution in [-0.4, -0.2) is 21.5 Å². The first kappa shape index (κ1) is 18.0. The van der Waals surface area contributed by atoms with Gasteiger partial charge in [0.25, 0.3) is 0 Å². The Hall–Kier alpha value is -1.85. The standard InChI is InChI=1S/C20H26N2O2S/c1-16-14-21-12-11-20(16,2)18-9-6-10-19(13-18)22-25(23,24)15-17-7-4-3-5-8-17/h3-10,13,16,21-22H,11-12,14-15H2,1-2H3. The van der Waals surface area contributed by atoms with E-state index in [4.69, 9.17) is 0 Å². The predicted octanol–water partition coefficient (Wildman–Crippen LogP) is 3.52.